The van der Waals surface area contributed by atoms with E-state index in [1.807, 2.05) is 0 Å². The van der Waals surface area contributed by atoms with Crippen molar-refractivity contribution in [2.75, 3.05) is 13.1 Å². The van der Waals surface area contributed by atoms with Gasteiger partial charge in [-0.05, 0) is 38.7 Å². The molecule has 0 radical (unpaired) electrons. The number of nitrogens with zero attached hydrogens (tertiary/aromatic N) is 1. The van der Waals surface area contributed by atoms with Crippen molar-refractivity contribution in [3.05, 3.63) is 0 Å². The summed E-state index contributed by atoms with van der Waals surface area (Å²) in [7, 11) is 0. The van der Waals surface area contributed by atoms with E-state index in [0.717, 1.165) is 6.42 Å². The standard InChI is InChI=1S/C7H13N/c1-3-7-4-2-6-8(7)5-1/h7H,1-6H2/i3D. The van der Waals surface area contributed by atoms with Crippen LogP contribution < -0.4 is 0 Å². The van der Waals surface area contributed by atoms with Gasteiger partial charge in [-0.25, -0.2) is 0 Å². The van der Waals surface area contributed by atoms with Crippen LogP contribution in [0.3, 0.4) is 0 Å². The van der Waals surface area contributed by atoms with Gasteiger partial charge in [0.1, 0.15) is 0 Å². The van der Waals surface area contributed by atoms with E-state index in [1.165, 1.54) is 25.9 Å². The number of hydrogen-bond donors (Lipinski definition) is 0. The van der Waals surface area contributed by atoms with E-state index in [9.17, 15) is 0 Å². The molecule has 2 unspecified atom stereocenters. The maximum Gasteiger partial charge on any atom is 0.0283 e. The lowest BCUT2D eigenvalue weighted by atomic mass is 10.2. The van der Waals surface area contributed by atoms with E-state index >= 15 is 0 Å². The van der Waals surface area contributed by atoms with Gasteiger partial charge in [-0.2, -0.15) is 0 Å². The average Bonchev–Trinajstić information content (AvgIpc) is 2.35. The molecule has 2 aliphatic heterocycles. The average molecular weight is 112 g/mol. The molecule has 1 nitrogen and oxygen atoms in total. The van der Waals surface area contributed by atoms with Crippen molar-refractivity contribution in [2.24, 2.45) is 0 Å². The quantitative estimate of drug-likeness (QED) is 0.456. The van der Waals surface area contributed by atoms with Crippen molar-refractivity contribution in [3.8, 4) is 0 Å². The van der Waals surface area contributed by atoms with Crippen LogP contribution in [0.5, 0.6) is 0 Å². The van der Waals surface area contributed by atoms with Gasteiger partial charge in [0.15, 0.2) is 0 Å². The molecule has 2 saturated heterocycles. The molecule has 2 fully saturated rings. The Hall–Kier alpha value is -0.0400. The van der Waals surface area contributed by atoms with Gasteiger partial charge in [0.2, 0.25) is 0 Å². The van der Waals surface area contributed by atoms with E-state index in [2.05, 4.69) is 4.90 Å². The third kappa shape index (κ3) is 0.576. The Morgan fingerprint density at radius 1 is 1.38 bits per heavy atom. The zero-order valence-corrected chi connectivity index (χ0v) is 5.14. The van der Waals surface area contributed by atoms with Gasteiger partial charge in [-0.3, -0.25) is 0 Å². The van der Waals surface area contributed by atoms with E-state index in [4.69, 9.17) is 1.37 Å². The molecule has 8 heavy (non-hydrogen) atoms. The summed E-state index contributed by atoms with van der Waals surface area (Å²) in [5.41, 5.74) is 0. The zero-order valence-electron chi connectivity index (χ0n) is 6.14. The largest absolute Gasteiger partial charge is 0.300 e. The van der Waals surface area contributed by atoms with Gasteiger partial charge in [0, 0.05) is 7.41 Å². The first kappa shape index (κ1) is 3.89. The molecule has 1 heteroatoms. The second kappa shape index (κ2) is 1.73. The summed E-state index contributed by atoms with van der Waals surface area (Å²) in [6.07, 6.45) is 3.98. The highest BCUT2D eigenvalue weighted by atomic mass is 15.2. The fraction of sp³-hybridized carbons (Fsp3) is 1.00. The van der Waals surface area contributed by atoms with Crippen LogP contribution in [0.2, 0.25) is 0 Å². The summed E-state index contributed by atoms with van der Waals surface area (Å²) in [4.78, 5) is 2.47. The van der Waals surface area contributed by atoms with Crippen LogP contribution in [0.15, 0.2) is 0 Å². The summed E-state index contributed by atoms with van der Waals surface area (Å²) >= 11 is 0. The van der Waals surface area contributed by atoms with Gasteiger partial charge < -0.3 is 4.90 Å². The smallest absolute Gasteiger partial charge is 0.0283 e. The first-order valence-corrected chi connectivity index (χ1v) is 3.54. The van der Waals surface area contributed by atoms with E-state index < -0.39 is 0 Å². The van der Waals surface area contributed by atoms with Gasteiger partial charge in [-0.1, -0.05) is 0 Å². The molecule has 0 bridgehead atoms. The van der Waals surface area contributed by atoms with Crippen molar-refractivity contribution >= 4 is 0 Å². The zero-order chi connectivity index (χ0) is 6.27. The third-order valence-electron chi connectivity index (χ3n) is 2.27. The lowest BCUT2D eigenvalue weighted by Crippen LogP contribution is -2.21. The Bertz CT molecular complexity index is 115. The van der Waals surface area contributed by atoms with Gasteiger partial charge in [-0.15, -0.1) is 0 Å². The summed E-state index contributed by atoms with van der Waals surface area (Å²) in [5.74, 6) is 0. The Labute approximate surface area is 52.1 Å². The number of rotatable bonds is 0. The minimum absolute atomic E-state index is 0.243. The summed E-state index contributed by atoms with van der Waals surface area (Å²) in [5, 5.41) is 0. The molecule has 0 aliphatic carbocycles. The highest BCUT2D eigenvalue weighted by Crippen LogP contribution is 2.26. The van der Waals surface area contributed by atoms with E-state index in [1.54, 1.807) is 0 Å². The predicted molar refractivity (Wildman–Crippen MR) is 33.8 cm³/mol. The SMILES string of the molecule is [2H]C1CCN2CCCC12. The van der Waals surface area contributed by atoms with Crippen molar-refractivity contribution < 1.29 is 1.37 Å². The Balaban J connectivity index is 2.07. The van der Waals surface area contributed by atoms with E-state index in [0.29, 0.717) is 6.04 Å². The second-order valence-electron chi connectivity index (χ2n) is 2.77. The molecule has 0 saturated carbocycles. The fourth-order valence-electron chi connectivity index (χ4n) is 1.83. The van der Waals surface area contributed by atoms with Crippen LogP contribution in [0.1, 0.15) is 27.0 Å². The second-order valence-corrected chi connectivity index (χ2v) is 2.77. The summed E-state index contributed by atoms with van der Waals surface area (Å²) in [6.45, 7) is 2.46. The van der Waals surface area contributed by atoms with Crippen LogP contribution in [0.25, 0.3) is 0 Å². The van der Waals surface area contributed by atoms with Crippen LogP contribution in [0.4, 0.5) is 0 Å². The number of hydrogen-bond acceptors (Lipinski definition) is 1. The molecule has 0 amide bonds. The third-order valence-corrected chi connectivity index (χ3v) is 2.27. The van der Waals surface area contributed by atoms with Crippen molar-refractivity contribution in [3.63, 3.8) is 0 Å². The maximum absolute atomic E-state index is 7.62. The van der Waals surface area contributed by atoms with Gasteiger partial charge in [0.25, 0.3) is 0 Å². The highest BCUT2D eigenvalue weighted by Gasteiger charge is 2.27. The van der Waals surface area contributed by atoms with Crippen molar-refractivity contribution in [1.29, 1.82) is 0 Å². The molecule has 2 aliphatic rings. The molecule has 2 heterocycles. The maximum atomic E-state index is 7.62. The summed E-state index contributed by atoms with van der Waals surface area (Å²) < 4.78 is 7.62. The molecule has 46 valence electrons. The van der Waals surface area contributed by atoms with Crippen LogP contribution in [-0.4, -0.2) is 24.0 Å². The molecular weight excluding hydrogens is 98.1 g/mol. The Kier molecular flexibility index (Phi) is 0.840. The molecular formula is C7H13N. The Morgan fingerprint density at radius 3 is 3.12 bits per heavy atom. The minimum Gasteiger partial charge on any atom is -0.300 e. The molecule has 0 N–H and O–H groups in total. The first-order valence-electron chi connectivity index (χ1n) is 4.12. The van der Waals surface area contributed by atoms with Gasteiger partial charge >= 0.3 is 0 Å². The van der Waals surface area contributed by atoms with Crippen LogP contribution in [-0.2, 0) is 0 Å². The van der Waals surface area contributed by atoms with Crippen molar-refractivity contribution in [2.45, 2.75) is 31.7 Å². The molecule has 0 spiro atoms. The molecule has 0 aromatic carbocycles. The fourth-order valence-corrected chi connectivity index (χ4v) is 1.83. The highest BCUT2D eigenvalue weighted by molar-refractivity contribution is 4.84. The van der Waals surface area contributed by atoms with Crippen molar-refractivity contribution in [1.82, 2.24) is 4.90 Å². The normalized spacial score (nSPS) is 49.2. The lowest BCUT2D eigenvalue weighted by molar-refractivity contribution is 0.325. The topological polar surface area (TPSA) is 3.24 Å². The first-order chi connectivity index (χ1) is 4.38. The lowest BCUT2D eigenvalue weighted by Gasteiger charge is -2.11. The van der Waals surface area contributed by atoms with Crippen LogP contribution in [0, 0.1) is 0 Å². The molecule has 2 rings (SSSR count). The molecule has 2 atom stereocenters. The number of fused-ring (bicyclic) bond motifs is 1. The Morgan fingerprint density at radius 2 is 2.25 bits per heavy atom. The van der Waals surface area contributed by atoms with Crippen LogP contribution >= 0.6 is 0 Å². The molecule has 0 aromatic rings. The summed E-state index contributed by atoms with van der Waals surface area (Å²) in [6, 6.07) is 0.644. The molecule has 0 aromatic heterocycles. The van der Waals surface area contributed by atoms with E-state index in [-0.39, 0.29) is 6.40 Å². The predicted octanol–water partition coefficient (Wildman–Crippen LogP) is 1.24. The van der Waals surface area contributed by atoms with Gasteiger partial charge in [0.05, 0.1) is 0 Å². The minimum atomic E-state index is 0.243. The monoisotopic (exact) mass is 112 g/mol.